The number of esters is 1. The van der Waals surface area contributed by atoms with Crippen molar-refractivity contribution in [2.75, 3.05) is 0 Å². The molecule has 1 N–H and O–H groups in total. The average Bonchev–Trinajstić information content (AvgIpc) is 3.13. The number of allylic oxidation sites excluding steroid dienone is 2. The number of Topliss-reactive ketones (excluding diaryl/α,β-unsaturated/α-hetero) is 1. The van der Waals surface area contributed by atoms with Crippen LogP contribution in [0.4, 0.5) is 0 Å². The second-order valence-electron chi connectivity index (χ2n) is 10.5. The minimum atomic E-state index is -1.21. The zero-order valence-corrected chi connectivity index (χ0v) is 17.2. The highest BCUT2D eigenvalue weighted by molar-refractivity contribution is 6.25. The molecule has 2 bridgehead atoms. The standard InChI is InChI=1S/C23H28O5/c1-10(2)23-12(24)9-11(3)14(23)13-15(19(23)26)22-8-6-7-21(4,5)18(22)17(16(13)25)28-20(22)27/h9-10,14,16-18,25H,6-8H2,1-5H3. The highest BCUT2D eigenvalue weighted by atomic mass is 16.6. The van der Waals surface area contributed by atoms with E-state index in [0.29, 0.717) is 17.6 Å². The van der Waals surface area contributed by atoms with Crippen molar-refractivity contribution in [3.63, 3.8) is 0 Å². The Hall–Kier alpha value is -1.75. The summed E-state index contributed by atoms with van der Waals surface area (Å²) in [5, 5.41) is 11.4. The number of carbonyl (C=O) groups is 3. The Balaban J connectivity index is 1.83. The molecule has 0 amide bonds. The molecule has 2 fully saturated rings. The van der Waals surface area contributed by atoms with Gasteiger partial charge in [0.2, 0.25) is 0 Å². The van der Waals surface area contributed by atoms with E-state index in [2.05, 4.69) is 13.8 Å². The zero-order chi connectivity index (χ0) is 20.4. The summed E-state index contributed by atoms with van der Waals surface area (Å²) in [5.41, 5.74) is -0.606. The highest BCUT2D eigenvalue weighted by Crippen LogP contribution is 2.71. The van der Waals surface area contributed by atoms with E-state index in [0.717, 1.165) is 18.4 Å². The van der Waals surface area contributed by atoms with E-state index < -0.39 is 29.0 Å². The van der Waals surface area contributed by atoms with Crippen LogP contribution in [-0.4, -0.2) is 34.9 Å². The fourth-order valence-corrected chi connectivity index (χ4v) is 7.64. The lowest BCUT2D eigenvalue weighted by molar-refractivity contribution is -0.151. The van der Waals surface area contributed by atoms with Crippen LogP contribution in [0.3, 0.4) is 0 Å². The number of ether oxygens (including phenoxy) is 1. The highest BCUT2D eigenvalue weighted by Gasteiger charge is 2.77. The predicted molar refractivity (Wildman–Crippen MR) is 101 cm³/mol. The van der Waals surface area contributed by atoms with Gasteiger partial charge in [0.05, 0.1) is 0 Å². The molecule has 1 saturated carbocycles. The summed E-state index contributed by atoms with van der Waals surface area (Å²) >= 11 is 0. The Bertz CT molecular complexity index is 906. The van der Waals surface area contributed by atoms with Gasteiger partial charge in [0.15, 0.2) is 11.6 Å². The number of hydrogen-bond acceptors (Lipinski definition) is 5. The van der Waals surface area contributed by atoms with E-state index in [-0.39, 0.29) is 34.8 Å². The van der Waals surface area contributed by atoms with E-state index in [9.17, 15) is 19.5 Å². The summed E-state index contributed by atoms with van der Waals surface area (Å²) in [7, 11) is 0. The third-order valence-corrected chi connectivity index (χ3v) is 8.57. The van der Waals surface area contributed by atoms with Crippen LogP contribution >= 0.6 is 0 Å². The van der Waals surface area contributed by atoms with Crippen molar-refractivity contribution in [1.29, 1.82) is 0 Å². The molecule has 0 aromatic rings. The fraction of sp³-hybridized carbons (Fsp3) is 0.696. The molecule has 1 aliphatic heterocycles. The van der Waals surface area contributed by atoms with Gasteiger partial charge in [0.1, 0.15) is 23.0 Å². The lowest BCUT2D eigenvalue weighted by Gasteiger charge is -2.51. The summed E-state index contributed by atoms with van der Waals surface area (Å²) in [6.07, 6.45) is 2.21. The summed E-state index contributed by atoms with van der Waals surface area (Å²) in [5.74, 6) is -1.69. The van der Waals surface area contributed by atoms with Gasteiger partial charge in [-0.25, -0.2) is 0 Å². The second kappa shape index (κ2) is 5.05. The number of hydrogen-bond donors (Lipinski definition) is 1. The van der Waals surface area contributed by atoms with Crippen molar-refractivity contribution in [1.82, 2.24) is 0 Å². The van der Waals surface area contributed by atoms with E-state index >= 15 is 0 Å². The maximum Gasteiger partial charge on any atom is 0.317 e. The molecule has 0 radical (unpaired) electrons. The lowest BCUT2D eigenvalue weighted by atomic mass is 9.49. The fourth-order valence-electron chi connectivity index (χ4n) is 7.64. The predicted octanol–water partition coefficient (Wildman–Crippen LogP) is 2.77. The van der Waals surface area contributed by atoms with Crippen molar-refractivity contribution in [2.24, 2.45) is 34.0 Å². The lowest BCUT2D eigenvalue weighted by Crippen LogP contribution is -2.55. The van der Waals surface area contributed by atoms with Gasteiger partial charge in [-0.3, -0.25) is 14.4 Å². The SMILES string of the molecule is CC1=CC(=O)C2(C(C)C)C(=O)C3=C(C(O)C4OC(=O)C35CCCC(C)(C)C45)C12. The molecule has 1 saturated heterocycles. The summed E-state index contributed by atoms with van der Waals surface area (Å²) < 4.78 is 5.77. The summed E-state index contributed by atoms with van der Waals surface area (Å²) in [6, 6.07) is 0. The first-order valence-electron chi connectivity index (χ1n) is 10.4. The van der Waals surface area contributed by atoms with Crippen LogP contribution in [0.5, 0.6) is 0 Å². The minimum Gasteiger partial charge on any atom is -0.458 e. The van der Waals surface area contributed by atoms with Crippen molar-refractivity contribution in [2.45, 2.75) is 66.1 Å². The van der Waals surface area contributed by atoms with Gasteiger partial charge in [-0.1, -0.05) is 39.7 Å². The molecule has 6 atom stereocenters. The Morgan fingerprint density at radius 3 is 2.50 bits per heavy atom. The molecule has 0 spiro atoms. The van der Waals surface area contributed by atoms with Gasteiger partial charge in [-0.2, -0.15) is 0 Å². The Morgan fingerprint density at radius 2 is 1.86 bits per heavy atom. The van der Waals surface area contributed by atoms with Crippen LogP contribution in [0.25, 0.3) is 0 Å². The van der Waals surface area contributed by atoms with Gasteiger partial charge in [0.25, 0.3) is 0 Å². The zero-order valence-electron chi connectivity index (χ0n) is 17.2. The molecule has 5 heteroatoms. The summed E-state index contributed by atoms with van der Waals surface area (Å²) in [6.45, 7) is 9.87. The molecule has 5 aliphatic rings. The van der Waals surface area contributed by atoms with Crippen molar-refractivity contribution < 1.29 is 24.2 Å². The third-order valence-electron chi connectivity index (χ3n) is 8.57. The molecular weight excluding hydrogens is 356 g/mol. The number of aliphatic hydroxyl groups excluding tert-OH is 1. The normalized spacial score (nSPS) is 45.8. The van der Waals surface area contributed by atoms with Crippen molar-refractivity contribution >= 4 is 17.5 Å². The molecule has 28 heavy (non-hydrogen) atoms. The smallest absolute Gasteiger partial charge is 0.317 e. The van der Waals surface area contributed by atoms with E-state index in [1.54, 1.807) is 6.08 Å². The minimum absolute atomic E-state index is 0.177. The first-order valence-corrected chi connectivity index (χ1v) is 10.4. The van der Waals surface area contributed by atoms with Gasteiger partial charge in [-0.05, 0) is 42.7 Å². The van der Waals surface area contributed by atoms with E-state index in [1.807, 2.05) is 20.8 Å². The third kappa shape index (κ3) is 1.61. The largest absolute Gasteiger partial charge is 0.458 e. The molecular formula is C23H28O5. The van der Waals surface area contributed by atoms with Crippen LogP contribution in [0.2, 0.25) is 0 Å². The molecule has 4 aliphatic carbocycles. The molecule has 5 nitrogen and oxygen atoms in total. The van der Waals surface area contributed by atoms with Gasteiger partial charge in [-0.15, -0.1) is 0 Å². The number of rotatable bonds is 1. The Kier molecular flexibility index (Phi) is 3.30. The molecule has 0 aromatic heterocycles. The van der Waals surface area contributed by atoms with E-state index in [4.69, 9.17) is 4.74 Å². The topological polar surface area (TPSA) is 80.7 Å². The Morgan fingerprint density at radius 1 is 1.18 bits per heavy atom. The first kappa shape index (κ1) is 18.3. The van der Waals surface area contributed by atoms with Gasteiger partial charge in [0, 0.05) is 17.4 Å². The van der Waals surface area contributed by atoms with Gasteiger partial charge >= 0.3 is 5.97 Å². The van der Waals surface area contributed by atoms with Crippen LogP contribution in [-0.2, 0) is 19.1 Å². The van der Waals surface area contributed by atoms with Crippen LogP contribution in [0, 0.1) is 34.0 Å². The molecule has 150 valence electrons. The number of fused-ring (bicyclic) bond motifs is 2. The molecule has 6 unspecified atom stereocenters. The number of aliphatic hydroxyl groups is 1. The maximum absolute atomic E-state index is 14.0. The first-order chi connectivity index (χ1) is 13.0. The second-order valence-corrected chi connectivity index (χ2v) is 10.5. The van der Waals surface area contributed by atoms with Crippen molar-refractivity contribution in [3.05, 3.63) is 22.8 Å². The quantitative estimate of drug-likeness (QED) is 0.555. The van der Waals surface area contributed by atoms with Crippen LogP contribution in [0.1, 0.15) is 53.9 Å². The Labute approximate surface area is 165 Å². The van der Waals surface area contributed by atoms with E-state index in [1.165, 1.54) is 0 Å². The molecule has 0 aromatic carbocycles. The number of ketones is 2. The molecule has 5 rings (SSSR count). The number of carbonyl (C=O) groups excluding carboxylic acids is 3. The van der Waals surface area contributed by atoms with Gasteiger partial charge < -0.3 is 9.84 Å². The maximum atomic E-state index is 14.0. The summed E-state index contributed by atoms with van der Waals surface area (Å²) in [4.78, 5) is 40.5. The molecule has 1 heterocycles. The van der Waals surface area contributed by atoms with Crippen LogP contribution in [0.15, 0.2) is 22.8 Å². The monoisotopic (exact) mass is 384 g/mol. The van der Waals surface area contributed by atoms with Crippen LogP contribution < -0.4 is 0 Å². The van der Waals surface area contributed by atoms with Crippen molar-refractivity contribution in [3.8, 4) is 0 Å². The average molecular weight is 384 g/mol.